The van der Waals surface area contributed by atoms with Gasteiger partial charge < -0.3 is 25.4 Å². The molecule has 0 aromatic heterocycles. The van der Waals surface area contributed by atoms with Crippen molar-refractivity contribution in [1.82, 2.24) is 4.90 Å². The number of likely N-dealkylation sites (N-methyl/N-ethyl adjacent to an activating group) is 1. The molecule has 3 N–H and O–H groups in total. The number of anilines is 2. The predicted octanol–water partition coefficient (Wildman–Crippen LogP) is 0.479. The molecule has 8 nitrogen and oxygen atoms in total. The molecule has 0 unspecified atom stereocenters. The molecule has 1 aromatic rings. The largest absolute Gasteiger partial charge is 0.433 e. The quantitative estimate of drug-likeness (QED) is 0.723. The maximum atomic E-state index is 12.8. The molecule has 1 heterocycles. The highest BCUT2D eigenvalue weighted by Gasteiger charge is 2.25. The molecule has 144 valence electrons. The molecule has 0 aliphatic carbocycles. The number of rotatable bonds is 7. The summed E-state index contributed by atoms with van der Waals surface area (Å²) in [4.78, 5) is 27.2. The molecular formula is C16H22F2N4O4. The van der Waals surface area contributed by atoms with Gasteiger partial charge in [0.25, 0.3) is 5.91 Å². The highest BCUT2D eigenvalue weighted by molar-refractivity contribution is 5.98. The number of carbonyl (C=O) groups is 2. The first-order valence-electron chi connectivity index (χ1n) is 7.97. The lowest BCUT2D eigenvalue weighted by molar-refractivity contribution is -0.126. The zero-order valence-corrected chi connectivity index (χ0v) is 14.6. The van der Waals surface area contributed by atoms with Gasteiger partial charge in [-0.05, 0) is 26.2 Å². The fraction of sp³-hybridized carbons (Fsp3) is 0.500. The van der Waals surface area contributed by atoms with Gasteiger partial charge in [-0.1, -0.05) is 0 Å². The molecule has 1 aliphatic heterocycles. The van der Waals surface area contributed by atoms with Crippen LogP contribution in [-0.2, 0) is 14.3 Å². The van der Waals surface area contributed by atoms with E-state index in [0.29, 0.717) is 6.61 Å². The Morgan fingerprint density at radius 3 is 2.77 bits per heavy atom. The van der Waals surface area contributed by atoms with Crippen LogP contribution in [0.4, 0.5) is 20.2 Å². The van der Waals surface area contributed by atoms with Crippen molar-refractivity contribution in [3.63, 3.8) is 0 Å². The fourth-order valence-electron chi connectivity index (χ4n) is 2.56. The molecule has 26 heavy (non-hydrogen) atoms. The number of halogens is 2. The van der Waals surface area contributed by atoms with Crippen molar-refractivity contribution in [1.29, 1.82) is 0 Å². The van der Waals surface area contributed by atoms with Crippen molar-refractivity contribution in [2.24, 2.45) is 5.73 Å². The number of morpholine rings is 1. The standard InChI is InChI=1S/C16H22F2N4O4/c1-21(2)12(8-19)15(24)20-10-3-4-11(13(7-10)26-16(17)18)22-5-6-25-9-14(22)23/h3-4,7,12,16H,5-6,8-9,19H2,1-2H3,(H,20,24)/t12-/m1/s1. The molecule has 1 aliphatic rings. The number of nitrogens with zero attached hydrogens (tertiary/aromatic N) is 2. The average Bonchev–Trinajstić information content (AvgIpc) is 2.55. The van der Waals surface area contributed by atoms with Crippen LogP contribution < -0.4 is 20.7 Å². The second-order valence-corrected chi connectivity index (χ2v) is 5.86. The van der Waals surface area contributed by atoms with Crippen molar-refractivity contribution in [2.45, 2.75) is 12.7 Å². The van der Waals surface area contributed by atoms with E-state index in [1.807, 2.05) is 0 Å². The third kappa shape index (κ3) is 4.87. The van der Waals surface area contributed by atoms with Gasteiger partial charge in [-0.3, -0.25) is 14.5 Å². The molecule has 0 bridgehead atoms. The molecule has 0 spiro atoms. The Labute approximate surface area is 149 Å². The van der Waals surface area contributed by atoms with E-state index in [1.54, 1.807) is 19.0 Å². The number of carbonyl (C=O) groups excluding carboxylic acids is 2. The zero-order valence-electron chi connectivity index (χ0n) is 14.6. The van der Waals surface area contributed by atoms with E-state index in [1.165, 1.54) is 23.1 Å². The van der Waals surface area contributed by atoms with Crippen molar-refractivity contribution in [3.05, 3.63) is 18.2 Å². The Bertz CT molecular complexity index is 657. The minimum absolute atomic E-state index is 0.0968. The summed E-state index contributed by atoms with van der Waals surface area (Å²) in [5.74, 6) is -0.944. The highest BCUT2D eigenvalue weighted by atomic mass is 19.3. The van der Waals surface area contributed by atoms with Crippen molar-refractivity contribution in [3.8, 4) is 5.75 Å². The van der Waals surface area contributed by atoms with Gasteiger partial charge in [-0.2, -0.15) is 8.78 Å². The predicted molar refractivity (Wildman–Crippen MR) is 91.4 cm³/mol. The summed E-state index contributed by atoms with van der Waals surface area (Å²) in [5.41, 5.74) is 6.03. The summed E-state index contributed by atoms with van der Waals surface area (Å²) < 4.78 is 35.2. The Morgan fingerprint density at radius 1 is 1.46 bits per heavy atom. The van der Waals surface area contributed by atoms with E-state index in [-0.39, 0.29) is 48.6 Å². The third-order valence-corrected chi connectivity index (χ3v) is 3.87. The number of hydrogen-bond acceptors (Lipinski definition) is 6. The maximum absolute atomic E-state index is 12.8. The summed E-state index contributed by atoms with van der Waals surface area (Å²) in [6.45, 7) is -2.60. The Kier molecular flexibility index (Phi) is 6.83. The van der Waals surface area contributed by atoms with Gasteiger partial charge in [0.2, 0.25) is 5.91 Å². The first-order chi connectivity index (χ1) is 12.3. The SMILES string of the molecule is CN(C)[C@H](CN)C(=O)Nc1ccc(N2CCOCC2=O)c(OC(F)F)c1. The molecule has 1 saturated heterocycles. The molecule has 0 saturated carbocycles. The summed E-state index contributed by atoms with van der Waals surface area (Å²) in [6, 6.07) is 3.64. The van der Waals surface area contributed by atoms with Crippen LogP contribution in [0.1, 0.15) is 0 Å². The third-order valence-electron chi connectivity index (χ3n) is 3.87. The molecule has 2 amide bonds. The van der Waals surface area contributed by atoms with Gasteiger partial charge in [-0.25, -0.2) is 0 Å². The second-order valence-electron chi connectivity index (χ2n) is 5.86. The monoisotopic (exact) mass is 372 g/mol. The molecule has 1 aromatic carbocycles. The van der Waals surface area contributed by atoms with E-state index in [0.717, 1.165) is 0 Å². The molecule has 10 heteroatoms. The van der Waals surface area contributed by atoms with Crippen LogP contribution in [0.3, 0.4) is 0 Å². The van der Waals surface area contributed by atoms with E-state index < -0.39 is 12.7 Å². The average molecular weight is 372 g/mol. The van der Waals surface area contributed by atoms with Crippen LogP contribution in [0.5, 0.6) is 5.75 Å². The smallest absolute Gasteiger partial charge is 0.387 e. The summed E-state index contributed by atoms with van der Waals surface area (Å²) in [7, 11) is 3.41. The number of amides is 2. The number of hydrogen-bond donors (Lipinski definition) is 2. The summed E-state index contributed by atoms with van der Waals surface area (Å²) in [6.07, 6.45) is 0. The molecule has 0 radical (unpaired) electrons. The Morgan fingerprint density at radius 2 is 2.19 bits per heavy atom. The maximum Gasteiger partial charge on any atom is 0.387 e. The van der Waals surface area contributed by atoms with Crippen LogP contribution >= 0.6 is 0 Å². The van der Waals surface area contributed by atoms with Crippen LogP contribution in [-0.4, -0.2) is 69.8 Å². The van der Waals surface area contributed by atoms with Crippen molar-refractivity contribution in [2.75, 3.05) is 50.6 Å². The number of nitrogens with one attached hydrogen (secondary N) is 1. The molecule has 2 rings (SSSR count). The Balaban J connectivity index is 2.27. The van der Waals surface area contributed by atoms with Crippen molar-refractivity contribution >= 4 is 23.2 Å². The minimum Gasteiger partial charge on any atom is -0.433 e. The number of benzene rings is 1. The van der Waals surface area contributed by atoms with Crippen LogP contribution in [0.25, 0.3) is 0 Å². The van der Waals surface area contributed by atoms with E-state index in [9.17, 15) is 18.4 Å². The number of ether oxygens (including phenoxy) is 2. The summed E-state index contributed by atoms with van der Waals surface area (Å²) in [5, 5.41) is 2.62. The second kappa shape index (κ2) is 8.88. The number of alkyl halides is 2. The van der Waals surface area contributed by atoms with Crippen LogP contribution in [0.15, 0.2) is 18.2 Å². The first-order valence-corrected chi connectivity index (χ1v) is 7.97. The van der Waals surface area contributed by atoms with Crippen LogP contribution in [0, 0.1) is 0 Å². The van der Waals surface area contributed by atoms with E-state index in [2.05, 4.69) is 10.1 Å². The lowest BCUT2D eigenvalue weighted by atomic mass is 10.2. The van der Waals surface area contributed by atoms with Crippen molar-refractivity contribution < 1.29 is 27.8 Å². The van der Waals surface area contributed by atoms with Crippen LogP contribution in [0.2, 0.25) is 0 Å². The van der Waals surface area contributed by atoms with Gasteiger partial charge in [0.05, 0.1) is 12.3 Å². The van der Waals surface area contributed by atoms with Gasteiger partial charge in [0.1, 0.15) is 12.6 Å². The highest BCUT2D eigenvalue weighted by Crippen LogP contribution is 2.33. The van der Waals surface area contributed by atoms with Gasteiger partial charge in [0.15, 0.2) is 5.75 Å². The normalized spacial score (nSPS) is 16.1. The summed E-state index contributed by atoms with van der Waals surface area (Å²) >= 11 is 0. The Hall–Kier alpha value is -2.30. The molecule has 1 fully saturated rings. The lowest BCUT2D eigenvalue weighted by Gasteiger charge is -2.28. The number of nitrogens with two attached hydrogens (primary N) is 1. The van der Waals surface area contributed by atoms with Gasteiger partial charge >= 0.3 is 6.61 Å². The van der Waals surface area contributed by atoms with Gasteiger partial charge in [0, 0.05) is 24.8 Å². The molecule has 1 atom stereocenters. The first kappa shape index (κ1) is 20.0. The minimum atomic E-state index is -3.07. The molecular weight excluding hydrogens is 350 g/mol. The topological polar surface area (TPSA) is 97.1 Å². The van der Waals surface area contributed by atoms with E-state index in [4.69, 9.17) is 10.5 Å². The zero-order chi connectivity index (χ0) is 19.3. The lowest BCUT2D eigenvalue weighted by Crippen LogP contribution is -2.45. The van der Waals surface area contributed by atoms with Gasteiger partial charge in [-0.15, -0.1) is 0 Å². The fourth-order valence-corrected chi connectivity index (χ4v) is 2.56. The van der Waals surface area contributed by atoms with E-state index >= 15 is 0 Å².